The van der Waals surface area contributed by atoms with Crippen LogP contribution in [0.1, 0.15) is 88.5 Å². The Balaban J connectivity index is 1.78. The second-order valence-corrected chi connectivity index (χ2v) is 11.8. The Labute approximate surface area is 215 Å². The number of rotatable bonds is 8. The molecule has 6 heteroatoms. The molecule has 0 radical (unpaired) electrons. The lowest BCUT2D eigenvalue weighted by molar-refractivity contribution is -0.354. The van der Waals surface area contributed by atoms with Crippen molar-refractivity contribution >= 4 is 0 Å². The number of methoxy groups -OCH3 is 1. The normalized spacial score (nSPS) is 51.3. The summed E-state index contributed by atoms with van der Waals surface area (Å²) in [7, 11) is 1.71. The Morgan fingerprint density at radius 1 is 0.457 bits per heavy atom. The van der Waals surface area contributed by atoms with Crippen LogP contribution in [0.25, 0.3) is 0 Å². The molecule has 0 saturated carbocycles. The van der Waals surface area contributed by atoms with E-state index in [9.17, 15) is 0 Å². The molecule has 206 valence electrons. The highest BCUT2D eigenvalue weighted by atomic mass is 16.7. The predicted octanol–water partition coefficient (Wildman–Crippen LogP) is 6.26. The standard InChI is InChI=1S/C29H54O6/c1-12-22-16(5)15(4)19(8)27(31-22)34-25-20(9)24(14-3)32-28(21(25)10)35-26-18(7)17(6)23(13-2)33-29(26)30-11/h15-29H,12-14H2,1-11H3/t15-,16-,17-,18-,19?,20+,21?,22?,23?,24?,25-,26?,27+,28-,29-/m0/s1. The van der Waals surface area contributed by atoms with Gasteiger partial charge in [-0.15, -0.1) is 0 Å². The van der Waals surface area contributed by atoms with Crippen LogP contribution in [0.2, 0.25) is 0 Å². The summed E-state index contributed by atoms with van der Waals surface area (Å²) in [5.41, 5.74) is 0. The van der Waals surface area contributed by atoms with E-state index in [2.05, 4.69) is 69.2 Å². The van der Waals surface area contributed by atoms with E-state index in [-0.39, 0.29) is 54.9 Å². The van der Waals surface area contributed by atoms with Crippen molar-refractivity contribution in [3.05, 3.63) is 0 Å². The summed E-state index contributed by atoms with van der Waals surface area (Å²) in [5, 5.41) is 0. The third kappa shape index (κ3) is 5.93. The second-order valence-electron chi connectivity index (χ2n) is 11.8. The molecule has 3 saturated heterocycles. The summed E-state index contributed by atoms with van der Waals surface area (Å²) >= 11 is 0. The van der Waals surface area contributed by atoms with E-state index < -0.39 is 6.29 Å². The molecule has 3 aliphatic heterocycles. The third-order valence-corrected chi connectivity index (χ3v) is 9.88. The summed E-state index contributed by atoms with van der Waals surface area (Å²) in [6, 6.07) is 0. The van der Waals surface area contributed by atoms with Gasteiger partial charge in [0.05, 0.1) is 24.4 Å². The molecule has 0 bridgehead atoms. The highest BCUT2D eigenvalue weighted by molar-refractivity contribution is 4.91. The van der Waals surface area contributed by atoms with Crippen molar-refractivity contribution in [2.45, 2.75) is 138 Å². The molecule has 0 aromatic heterocycles. The molecule has 35 heavy (non-hydrogen) atoms. The van der Waals surface area contributed by atoms with Gasteiger partial charge in [0.25, 0.3) is 0 Å². The molecule has 0 N–H and O–H groups in total. The lowest BCUT2D eigenvalue weighted by atomic mass is 9.78. The Morgan fingerprint density at radius 2 is 0.886 bits per heavy atom. The van der Waals surface area contributed by atoms with Gasteiger partial charge in [-0.1, -0.05) is 69.2 Å². The predicted molar refractivity (Wildman–Crippen MR) is 138 cm³/mol. The minimum Gasteiger partial charge on any atom is -0.353 e. The smallest absolute Gasteiger partial charge is 0.184 e. The molecule has 0 aliphatic carbocycles. The van der Waals surface area contributed by atoms with E-state index >= 15 is 0 Å². The van der Waals surface area contributed by atoms with Crippen molar-refractivity contribution in [3.63, 3.8) is 0 Å². The molecule has 6 nitrogen and oxygen atoms in total. The van der Waals surface area contributed by atoms with Crippen LogP contribution in [0.4, 0.5) is 0 Å². The van der Waals surface area contributed by atoms with Gasteiger partial charge in [-0.2, -0.15) is 0 Å². The zero-order chi connectivity index (χ0) is 26.0. The maximum absolute atomic E-state index is 6.86. The van der Waals surface area contributed by atoms with Crippen molar-refractivity contribution in [2.24, 2.45) is 41.4 Å². The van der Waals surface area contributed by atoms with Crippen LogP contribution in [0.15, 0.2) is 0 Å². The topological polar surface area (TPSA) is 55.4 Å². The zero-order valence-corrected chi connectivity index (χ0v) is 24.2. The van der Waals surface area contributed by atoms with Gasteiger partial charge in [0.1, 0.15) is 6.10 Å². The van der Waals surface area contributed by atoms with E-state index in [4.69, 9.17) is 28.4 Å². The van der Waals surface area contributed by atoms with Crippen LogP contribution < -0.4 is 0 Å². The molecule has 0 aromatic rings. The fourth-order valence-corrected chi connectivity index (χ4v) is 6.66. The van der Waals surface area contributed by atoms with Gasteiger partial charge in [0.15, 0.2) is 18.9 Å². The summed E-state index contributed by atoms with van der Waals surface area (Å²) in [6.45, 7) is 22.4. The van der Waals surface area contributed by atoms with Gasteiger partial charge in [-0.3, -0.25) is 0 Å². The van der Waals surface area contributed by atoms with Crippen molar-refractivity contribution in [1.29, 1.82) is 0 Å². The molecular formula is C29H54O6. The lowest BCUT2D eigenvalue weighted by Gasteiger charge is -2.51. The van der Waals surface area contributed by atoms with Gasteiger partial charge >= 0.3 is 0 Å². The van der Waals surface area contributed by atoms with Gasteiger partial charge < -0.3 is 28.4 Å². The molecular weight excluding hydrogens is 444 g/mol. The molecule has 15 atom stereocenters. The van der Waals surface area contributed by atoms with Gasteiger partial charge in [0, 0.05) is 24.9 Å². The first kappa shape index (κ1) is 29.3. The average Bonchev–Trinajstić information content (AvgIpc) is 2.86. The van der Waals surface area contributed by atoms with Crippen LogP contribution in [-0.4, -0.2) is 56.5 Å². The van der Waals surface area contributed by atoms with Crippen LogP contribution in [0, 0.1) is 41.4 Å². The first-order valence-corrected chi connectivity index (χ1v) is 14.4. The van der Waals surface area contributed by atoms with E-state index in [0.29, 0.717) is 29.6 Å². The van der Waals surface area contributed by atoms with Gasteiger partial charge in [0.2, 0.25) is 0 Å². The van der Waals surface area contributed by atoms with Crippen LogP contribution in [-0.2, 0) is 28.4 Å². The minimum absolute atomic E-state index is 0.00844. The van der Waals surface area contributed by atoms with Crippen LogP contribution in [0.3, 0.4) is 0 Å². The Hall–Kier alpha value is -0.240. The van der Waals surface area contributed by atoms with Crippen LogP contribution in [0.5, 0.6) is 0 Å². The molecule has 0 aromatic carbocycles. The number of ether oxygens (including phenoxy) is 6. The molecule has 3 aliphatic rings. The lowest BCUT2D eigenvalue weighted by Crippen LogP contribution is -2.58. The van der Waals surface area contributed by atoms with Crippen molar-refractivity contribution in [1.82, 2.24) is 0 Å². The first-order chi connectivity index (χ1) is 16.6. The Bertz CT molecular complexity index is 641. The highest BCUT2D eigenvalue weighted by Crippen LogP contribution is 2.42. The Morgan fingerprint density at radius 3 is 1.40 bits per heavy atom. The average molecular weight is 499 g/mol. The SMILES string of the molecule is CCC1O[C@H](O[C@@H]2C(C)[C@H](OC3[C@@H](OC)OC(CC)[C@@H](C)[C@@H]3C)OC(CC)[C@H]2C)C(C)[C@@H](C)[C@@H]1C. The van der Waals surface area contributed by atoms with E-state index in [0.717, 1.165) is 19.3 Å². The molecule has 3 heterocycles. The summed E-state index contributed by atoms with van der Waals surface area (Å²) in [5.74, 6) is 2.41. The summed E-state index contributed by atoms with van der Waals surface area (Å²) in [4.78, 5) is 0. The maximum Gasteiger partial charge on any atom is 0.184 e. The van der Waals surface area contributed by atoms with E-state index in [1.54, 1.807) is 7.11 Å². The quantitative estimate of drug-likeness (QED) is 0.394. The van der Waals surface area contributed by atoms with Gasteiger partial charge in [-0.05, 0) is 42.9 Å². The fraction of sp³-hybridized carbons (Fsp3) is 1.00. The molecule has 6 unspecified atom stereocenters. The summed E-state index contributed by atoms with van der Waals surface area (Å²) < 4.78 is 38.7. The highest BCUT2D eigenvalue weighted by Gasteiger charge is 2.49. The Kier molecular flexibility index (Phi) is 10.5. The van der Waals surface area contributed by atoms with E-state index in [1.165, 1.54) is 0 Å². The third-order valence-electron chi connectivity index (χ3n) is 9.88. The minimum atomic E-state index is -0.393. The van der Waals surface area contributed by atoms with Gasteiger partial charge in [-0.25, -0.2) is 0 Å². The van der Waals surface area contributed by atoms with Crippen molar-refractivity contribution < 1.29 is 28.4 Å². The molecule has 3 fully saturated rings. The first-order valence-electron chi connectivity index (χ1n) is 14.4. The summed E-state index contributed by atoms with van der Waals surface area (Å²) in [6.07, 6.45) is 2.21. The molecule has 0 amide bonds. The maximum atomic E-state index is 6.86. The molecule has 0 spiro atoms. The molecule has 3 rings (SSSR count). The number of hydrogen-bond acceptors (Lipinski definition) is 6. The largest absolute Gasteiger partial charge is 0.353 e. The van der Waals surface area contributed by atoms with Crippen molar-refractivity contribution in [3.8, 4) is 0 Å². The number of hydrogen-bond donors (Lipinski definition) is 0. The fourth-order valence-electron chi connectivity index (χ4n) is 6.66. The van der Waals surface area contributed by atoms with E-state index in [1.807, 2.05) is 0 Å². The monoisotopic (exact) mass is 498 g/mol. The second kappa shape index (κ2) is 12.5. The van der Waals surface area contributed by atoms with Crippen LogP contribution >= 0.6 is 0 Å². The zero-order valence-electron chi connectivity index (χ0n) is 24.2. The van der Waals surface area contributed by atoms with Crippen molar-refractivity contribution in [2.75, 3.05) is 7.11 Å².